The summed E-state index contributed by atoms with van der Waals surface area (Å²) in [6.07, 6.45) is 5.21. The van der Waals surface area contributed by atoms with Gasteiger partial charge < -0.3 is 35.5 Å². The van der Waals surface area contributed by atoms with Crippen LogP contribution < -0.4 is 5.32 Å². The number of piperidine rings is 2. The van der Waals surface area contributed by atoms with Crippen LogP contribution >= 0.6 is 0 Å². The maximum absolute atomic E-state index is 12.5. The molecule has 2 heterocycles. The van der Waals surface area contributed by atoms with Gasteiger partial charge in [-0.1, -0.05) is 12.8 Å². The zero-order chi connectivity index (χ0) is 24.1. The normalized spacial score (nSPS) is 20.9. The van der Waals surface area contributed by atoms with Crippen molar-refractivity contribution in [1.29, 1.82) is 0 Å². The summed E-state index contributed by atoms with van der Waals surface area (Å²) >= 11 is 0. The maximum Gasteiger partial charge on any atom is 0.222 e. The highest BCUT2D eigenvalue weighted by Crippen LogP contribution is 2.21. The smallest absolute Gasteiger partial charge is 0.222 e. The molecule has 3 atom stereocenters. The largest absolute Gasteiger partial charge is 0.396 e. The fourth-order valence-corrected chi connectivity index (χ4v) is 4.76. The molecule has 2 rings (SSSR count). The summed E-state index contributed by atoms with van der Waals surface area (Å²) in [5.74, 6) is 0.692. The fraction of sp³-hybridized carbons (Fsp3) is 0.917. The predicted octanol–water partition coefficient (Wildman–Crippen LogP) is 0.243. The number of nitrogens with zero attached hydrogens (tertiary/aromatic N) is 2. The molecule has 3 unspecified atom stereocenters. The van der Waals surface area contributed by atoms with Crippen LogP contribution in [0.1, 0.15) is 70.6 Å². The molecule has 5 N–H and O–H groups in total. The molecule has 0 aromatic heterocycles. The molecule has 2 aliphatic rings. The molecule has 0 spiro atoms. The lowest BCUT2D eigenvalue weighted by Crippen LogP contribution is -2.44. The van der Waals surface area contributed by atoms with Crippen molar-refractivity contribution in [3.05, 3.63) is 0 Å². The number of carbonyl (C=O) groups excluding carboxylic acids is 2. The van der Waals surface area contributed by atoms with Crippen LogP contribution in [-0.4, -0.2) is 106 Å². The molecule has 2 amide bonds. The average Bonchev–Trinajstić information content (AvgIpc) is 2.83. The third-order valence-corrected chi connectivity index (χ3v) is 6.95. The molecule has 2 fully saturated rings. The molecule has 0 aromatic rings. The number of carbonyl (C=O) groups is 2. The first-order valence-electron chi connectivity index (χ1n) is 12.8. The van der Waals surface area contributed by atoms with E-state index >= 15 is 0 Å². The monoisotopic (exact) mass is 471 g/mol. The highest BCUT2D eigenvalue weighted by molar-refractivity contribution is 5.76. The van der Waals surface area contributed by atoms with Crippen LogP contribution in [-0.2, 0) is 9.59 Å². The van der Waals surface area contributed by atoms with Crippen molar-refractivity contribution in [1.82, 2.24) is 15.1 Å². The van der Waals surface area contributed by atoms with E-state index in [1.54, 1.807) is 0 Å². The third kappa shape index (κ3) is 10.7. The quantitative estimate of drug-likeness (QED) is 0.229. The summed E-state index contributed by atoms with van der Waals surface area (Å²) in [6.45, 7) is 4.91. The van der Waals surface area contributed by atoms with Gasteiger partial charge in [-0.15, -0.1) is 0 Å². The number of hydrogen-bond donors (Lipinski definition) is 5. The Morgan fingerprint density at radius 2 is 1.55 bits per heavy atom. The van der Waals surface area contributed by atoms with Crippen molar-refractivity contribution in [3.8, 4) is 0 Å². The van der Waals surface area contributed by atoms with E-state index in [4.69, 9.17) is 5.11 Å². The van der Waals surface area contributed by atoms with Crippen molar-refractivity contribution in [2.75, 3.05) is 45.9 Å². The Morgan fingerprint density at radius 3 is 2.21 bits per heavy atom. The molecule has 0 radical (unpaired) electrons. The zero-order valence-electron chi connectivity index (χ0n) is 20.0. The van der Waals surface area contributed by atoms with Crippen molar-refractivity contribution in [2.45, 2.75) is 88.9 Å². The van der Waals surface area contributed by atoms with E-state index in [1.165, 1.54) is 38.9 Å². The van der Waals surface area contributed by atoms with E-state index in [0.717, 1.165) is 38.8 Å². The molecule has 2 aliphatic heterocycles. The predicted molar refractivity (Wildman–Crippen MR) is 125 cm³/mol. The maximum atomic E-state index is 12.5. The number of rotatable bonds is 14. The highest BCUT2D eigenvalue weighted by atomic mass is 16.4. The zero-order valence-corrected chi connectivity index (χ0v) is 20.0. The molecule has 0 saturated carbocycles. The molecule has 2 saturated heterocycles. The minimum atomic E-state index is -1.42. The van der Waals surface area contributed by atoms with Crippen LogP contribution in [0.2, 0.25) is 0 Å². The molecular formula is C24H45N3O6. The van der Waals surface area contributed by atoms with Gasteiger partial charge in [0, 0.05) is 45.6 Å². The topological polar surface area (TPSA) is 134 Å². The second kappa shape index (κ2) is 15.6. The van der Waals surface area contributed by atoms with Gasteiger partial charge in [0.2, 0.25) is 11.8 Å². The van der Waals surface area contributed by atoms with Gasteiger partial charge >= 0.3 is 0 Å². The summed E-state index contributed by atoms with van der Waals surface area (Å²) in [6, 6.07) is 0. The fourth-order valence-electron chi connectivity index (χ4n) is 4.76. The molecule has 0 aliphatic carbocycles. The summed E-state index contributed by atoms with van der Waals surface area (Å²) in [4.78, 5) is 29.0. The number of unbranched alkanes of at least 4 members (excludes halogenated alkanes) is 2. The summed E-state index contributed by atoms with van der Waals surface area (Å²) < 4.78 is 0. The lowest BCUT2D eigenvalue weighted by atomic mass is 9.95. The SMILES string of the molecule is O=C(CCCCCC(=O)N1CCC(CN2CCCCC2)CC1)NCC(O)C(O)C(O)CCO. The van der Waals surface area contributed by atoms with Crippen molar-refractivity contribution < 1.29 is 30.0 Å². The molecule has 9 heteroatoms. The lowest BCUT2D eigenvalue weighted by molar-refractivity contribution is -0.132. The van der Waals surface area contributed by atoms with Crippen molar-refractivity contribution in [2.24, 2.45) is 5.92 Å². The van der Waals surface area contributed by atoms with Gasteiger partial charge in [-0.2, -0.15) is 0 Å². The Bertz CT molecular complexity index is 564. The van der Waals surface area contributed by atoms with Gasteiger partial charge in [0.15, 0.2) is 0 Å². The van der Waals surface area contributed by atoms with E-state index in [0.29, 0.717) is 18.8 Å². The van der Waals surface area contributed by atoms with Gasteiger partial charge in [-0.3, -0.25) is 9.59 Å². The number of aliphatic hydroxyl groups excluding tert-OH is 4. The molecule has 0 bridgehead atoms. The average molecular weight is 472 g/mol. The number of amides is 2. The molecule has 33 heavy (non-hydrogen) atoms. The van der Waals surface area contributed by atoms with Gasteiger partial charge in [-0.25, -0.2) is 0 Å². The Balaban J connectivity index is 1.49. The first kappa shape index (κ1) is 28.0. The van der Waals surface area contributed by atoms with E-state index in [2.05, 4.69) is 10.2 Å². The molecule has 0 aromatic carbocycles. The Kier molecular flexibility index (Phi) is 13.2. The molecule has 9 nitrogen and oxygen atoms in total. The van der Waals surface area contributed by atoms with Crippen molar-refractivity contribution in [3.63, 3.8) is 0 Å². The first-order valence-corrected chi connectivity index (χ1v) is 12.8. The summed E-state index contributed by atoms with van der Waals surface area (Å²) in [5.41, 5.74) is 0. The lowest BCUT2D eigenvalue weighted by Gasteiger charge is -2.36. The molecular weight excluding hydrogens is 426 g/mol. The van der Waals surface area contributed by atoms with Crippen LogP contribution in [0.3, 0.4) is 0 Å². The summed E-state index contributed by atoms with van der Waals surface area (Å²) in [5, 5.41) is 40.4. The Labute approximate surface area is 198 Å². The van der Waals surface area contributed by atoms with Gasteiger partial charge in [0.25, 0.3) is 0 Å². The van der Waals surface area contributed by atoms with Crippen LogP contribution in [0.25, 0.3) is 0 Å². The number of hydrogen-bond acceptors (Lipinski definition) is 7. The second-order valence-electron chi connectivity index (χ2n) is 9.69. The number of aliphatic hydroxyl groups is 4. The van der Waals surface area contributed by atoms with Crippen LogP contribution in [0.4, 0.5) is 0 Å². The molecule has 192 valence electrons. The van der Waals surface area contributed by atoms with E-state index in [1.807, 2.05) is 4.90 Å². The van der Waals surface area contributed by atoms with Crippen LogP contribution in [0.15, 0.2) is 0 Å². The standard InChI is InChI=1S/C24H45N3O6/c28-16-11-20(29)24(33)21(30)17-25-22(31)7-3-1-4-8-23(32)27-14-9-19(10-15-27)18-26-12-5-2-6-13-26/h19-21,24,28-30,33H,1-18H2,(H,25,31). The van der Waals surface area contributed by atoms with Crippen LogP contribution in [0, 0.1) is 5.92 Å². The Hall–Kier alpha value is -1.26. The minimum Gasteiger partial charge on any atom is -0.396 e. The number of nitrogens with one attached hydrogen (secondary N) is 1. The van der Waals surface area contributed by atoms with Gasteiger partial charge in [-0.05, 0) is 64.0 Å². The first-order chi connectivity index (χ1) is 15.9. The summed E-state index contributed by atoms with van der Waals surface area (Å²) in [7, 11) is 0. The van der Waals surface area contributed by atoms with E-state index in [9.17, 15) is 24.9 Å². The van der Waals surface area contributed by atoms with E-state index in [-0.39, 0.29) is 37.8 Å². The minimum absolute atomic E-state index is 0.0402. The van der Waals surface area contributed by atoms with Gasteiger partial charge in [0.05, 0.1) is 12.2 Å². The van der Waals surface area contributed by atoms with Crippen molar-refractivity contribution >= 4 is 11.8 Å². The number of likely N-dealkylation sites (tertiary alicyclic amines) is 2. The van der Waals surface area contributed by atoms with Crippen LogP contribution in [0.5, 0.6) is 0 Å². The van der Waals surface area contributed by atoms with E-state index < -0.39 is 18.3 Å². The Morgan fingerprint density at radius 1 is 0.879 bits per heavy atom. The third-order valence-electron chi connectivity index (χ3n) is 6.95. The van der Waals surface area contributed by atoms with Gasteiger partial charge in [0.1, 0.15) is 6.10 Å². The highest BCUT2D eigenvalue weighted by Gasteiger charge is 2.25. The second-order valence-corrected chi connectivity index (χ2v) is 9.69.